The summed E-state index contributed by atoms with van der Waals surface area (Å²) >= 11 is 0. The fraction of sp³-hybridized carbons (Fsp3) is 0.780. The molecule has 0 fully saturated rings. The highest BCUT2D eigenvalue weighted by Crippen LogP contribution is 2.43. The van der Waals surface area contributed by atoms with Gasteiger partial charge in [0.2, 0.25) is 5.91 Å². The number of nitrogens with zero attached hydrogens (tertiary/aromatic N) is 1. The van der Waals surface area contributed by atoms with Crippen LogP contribution in [0.4, 0.5) is 0 Å². The maximum absolute atomic E-state index is 12.8. The zero-order valence-electron chi connectivity index (χ0n) is 32.9. The van der Waals surface area contributed by atoms with Gasteiger partial charge in [-0.15, -0.1) is 0 Å². The number of aliphatic hydroxyl groups excluding tert-OH is 1. The second-order valence-corrected chi connectivity index (χ2v) is 16.1. The first-order valence-corrected chi connectivity index (χ1v) is 21.5. The van der Waals surface area contributed by atoms with Crippen LogP contribution < -0.4 is 5.32 Å². The summed E-state index contributed by atoms with van der Waals surface area (Å²) in [4.78, 5) is 23.0. The molecule has 0 aromatic heterocycles. The van der Waals surface area contributed by atoms with Crippen molar-refractivity contribution in [3.8, 4) is 0 Å². The van der Waals surface area contributed by atoms with Gasteiger partial charge in [-0.3, -0.25) is 13.8 Å². The van der Waals surface area contributed by atoms with E-state index < -0.39 is 20.0 Å². The average Bonchev–Trinajstić information content (AvgIpc) is 3.06. The molecule has 0 heterocycles. The first-order chi connectivity index (χ1) is 24.0. The molecule has 9 heteroatoms. The normalized spacial score (nSPS) is 15.1. The summed E-state index contributed by atoms with van der Waals surface area (Å²) in [5, 5.41) is 13.7. The average molecular weight is 726 g/mol. The molecule has 0 aliphatic heterocycles. The highest BCUT2D eigenvalue weighted by atomic mass is 31.2. The molecule has 0 aliphatic carbocycles. The third-order valence-electron chi connectivity index (χ3n) is 8.50. The quantitative estimate of drug-likeness (QED) is 0.0260. The van der Waals surface area contributed by atoms with E-state index in [1.165, 1.54) is 70.6 Å². The summed E-state index contributed by atoms with van der Waals surface area (Å²) in [6.45, 7) is 4.70. The molecule has 3 unspecified atom stereocenters. The summed E-state index contributed by atoms with van der Waals surface area (Å²) in [5.74, 6) is -0.204. The second kappa shape index (κ2) is 33.3. The molecule has 0 aromatic carbocycles. The molecule has 0 saturated heterocycles. The number of quaternary nitrogens is 1. The first kappa shape index (κ1) is 48.5. The van der Waals surface area contributed by atoms with E-state index in [9.17, 15) is 19.4 Å². The molecule has 1 amide bonds. The lowest BCUT2D eigenvalue weighted by molar-refractivity contribution is -0.870. The standard InChI is InChI=1S/C41H77N2O6P/c1-6-8-10-12-14-16-18-20-21-22-23-25-27-29-31-33-35-41(45)42-39(38-49-50(46,47)48-37-36-43(3,4)5)40(44)34-32-30-28-26-24-19-17-15-13-11-9-7-2/h13,15,21-22,24,26,32,34,39-40,44H,6-12,14,16-20,23,25,27-31,33,35-38H2,1-5H3,(H-,42,45,46,47)/p+1/b15-13+,22-21-,26-24+,34-32+. The van der Waals surface area contributed by atoms with E-state index in [1.54, 1.807) is 6.08 Å². The van der Waals surface area contributed by atoms with Gasteiger partial charge in [0.05, 0.1) is 39.9 Å². The van der Waals surface area contributed by atoms with E-state index in [0.717, 1.165) is 64.2 Å². The first-order valence-electron chi connectivity index (χ1n) is 20.0. The number of carbonyl (C=O) groups is 1. The van der Waals surface area contributed by atoms with Crippen molar-refractivity contribution in [2.24, 2.45) is 0 Å². The zero-order valence-corrected chi connectivity index (χ0v) is 33.8. The van der Waals surface area contributed by atoms with E-state index in [0.29, 0.717) is 17.4 Å². The molecule has 0 radical (unpaired) electrons. The number of aliphatic hydroxyl groups is 1. The number of unbranched alkanes of at least 4 members (excludes halogenated alkanes) is 16. The van der Waals surface area contributed by atoms with Gasteiger partial charge < -0.3 is 19.8 Å². The molecule has 3 N–H and O–H groups in total. The predicted molar refractivity (Wildman–Crippen MR) is 212 cm³/mol. The maximum atomic E-state index is 12.8. The molecule has 292 valence electrons. The highest BCUT2D eigenvalue weighted by Gasteiger charge is 2.27. The maximum Gasteiger partial charge on any atom is 0.472 e. The van der Waals surface area contributed by atoms with Crippen LogP contribution in [0.25, 0.3) is 0 Å². The molecule has 0 saturated carbocycles. The minimum Gasteiger partial charge on any atom is -0.387 e. The lowest BCUT2D eigenvalue weighted by Crippen LogP contribution is -2.45. The Morgan fingerprint density at radius 3 is 1.66 bits per heavy atom. The Morgan fingerprint density at radius 2 is 1.12 bits per heavy atom. The molecule has 0 aliphatic rings. The molecular formula is C41H78N2O6P+. The van der Waals surface area contributed by atoms with Crippen LogP contribution in [0.1, 0.15) is 155 Å². The van der Waals surface area contributed by atoms with Gasteiger partial charge >= 0.3 is 7.82 Å². The van der Waals surface area contributed by atoms with Gasteiger partial charge in [-0.05, 0) is 64.2 Å². The molecule has 8 nitrogen and oxygen atoms in total. The van der Waals surface area contributed by atoms with Gasteiger partial charge in [-0.2, -0.15) is 0 Å². The van der Waals surface area contributed by atoms with Crippen LogP contribution in [0.15, 0.2) is 48.6 Å². The fourth-order valence-corrected chi connectivity index (χ4v) is 5.96. The summed E-state index contributed by atoms with van der Waals surface area (Å²) < 4.78 is 23.4. The number of hydrogen-bond donors (Lipinski definition) is 3. The molecule has 0 rings (SSSR count). The van der Waals surface area contributed by atoms with Gasteiger partial charge in [-0.25, -0.2) is 4.57 Å². The van der Waals surface area contributed by atoms with Crippen molar-refractivity contribution in [1.82, 2.24) is 5.32 Å². The van der Waals surface area contributed by atoms with Crippen molar-refractivity contribution in [1.29, 1.82) is 0 Å². The molecule has 0 spiro atoms. The van der Waals surface area contributed by atoms with Crippen LogP contribution >= 0.6 is 7.82 Å². The monoisotopic (exact) mass is 726 g/mol. The summed E-state index contributed by atoms with van der Waals surface area (Å²) in [6.07, 6.45) is 40.3. The topological polar surface area (TPSA) is 105 Å². The van der Waals surface area contributed by atoms with Crippen LogP contribution in [0, 0.1) is 0 Å². The van der Waals surface area contributed by atoms with Gasteiger partial charge in [0, 0.05) is 6.42 Å². The highest BCUT2D eigenvalue weighted by molar-refractivity contribution is 7.47. The molecule has 0 aromatic rings. The number of carbonyl (C=O) groups excluding carboxylic acids is 1. The van der Waals surface area contributed by atoms with Crippen molar-refractivity contribution >= 4 is 13.7 Å². The van der Waals surface area contributed by atoms with Crippen LogP contribution in [-0.2, 0) is 18.4 Å². The summed E-state index contributed by atoms with van der Waals surface area (Å²) in [7, 11) is 1.53. The minimum absolute atomic E-state index is 0.0506. The molecule has 0 bridgehead atoms. The number of phosphoric ester groups is 1. The Balaban J connectivity index is 4.56. The largest absolute Gasteiger partial charge is 0.472 e. The smallest absolute Gasteiger partial charge is 0.387 e. The Labute approximate surface area is 308 Å². The Hall–Kier alpha value is -1.54. The zero-order chi connectivity index (χ0) is 37.2. The number of hydrogen-bond acceptors (Lipinski definition) is 5. The van der Waals surface area contributed by atoms with Gasteiger partial charge in [-0.1, -0.05) is 133 Å². The Morgan fingerprint density at radius 1 is 0.660 bits per heavy atom. The third kappa shape index (κ3) is 34.9. The van der Waals surface area contributed by atoms with Crippen LogP contribution in [0.2, 0.25) is 0 Å². The Bertz CT molecular complexity index is 959. The number of allylic oxidation sites excluding steroid dienone is 7. The van der Waals surface area contributed by atoms with Crippen molar-refractivity contribution in [3.63, 3.8) is 0 Å². The van der Waals surface area contributed by atoms with E-state index >= 15 is 0 Å². The predicted octanol–water partition coefficient (Wildman–Crippen LogP) is 10.5. The fourth-order valence-electron chi connectivity index (χ4n) is 5.23. The molecular weight excluding hydrogens is 647 g/mol. The van der Waals surface area contributed by atoms with Crippen molar-refractivity contribution in [3.05, 3.63) is 48.6 Å². The van der Waals surface area contributed by atoms with E-state index in [1.807, 2.05) is 27.2 Å². The van der Waals surface area contributed by atoms with Crippen molar-refractivity contribution in [2.75, 3.05) is 40.9 Å². The van der Waals surface area contributed by atoms with Gasteiger partial charge in [0.1, 0.15) is 13.2 Å². The summed E-state index contributed by atoms with van der Waals surface area (Å²) in [6, 6.07) is -0.871. The van der Waals surface area contributed by atoms with Crippen LogP contribution in [0.5, 0.6) is 0 Å². The SMILES string of the molecule is CCCC/C=C/CC/C=C/CC/C=C/C(O)C(COP(=O)(O)OCC[N+](C)(C)C)NC(=O)CCCCCCC/C=C\CCCCCCCCC. The lowest BCUT2D eigenvalue weighted by Gasteiger charge is -2.25. The molecule has 3 atom stereocenters. The third-order valence-corrected chi connectivity index (χ3v) is 9.48. The Kier molecular flexibility index (Phi) is 32.3. The number of rotatable bonds is 35. The van der Waals surface area contributed by atoms with E-state index in [2.05, 4.69) is 55.6 Å². The van der Waals surface area contributed by atoms with Gasteiger partial charge in [0.15, 0.2) is 0 Å². The van der Waals surface area contributed by atoms with Crippen LogP contribution in [-0.4, -0.2) is 73.4 Å². The van der Waals surface area contributed by atoms with E-state index in [4.69, 9.17) is 9.05 Å². The molecule has 50 heavy (non-hydrogen) atoms. The number of likely N-dealkylation sites (N-methyl/N-ethyl adjacent to an activating group) is 1. The number of phosphoric acid groups is 1. The van der Waals surface area contributed by atoms with E-state index in [-0.39, 0.29) is 19.1 Å². The van der Waals surface area contributed by atoms with Crippen molar-refractivity contribution < 1.29 is 32.9 Å². The lowest BCUT2D eigenvalue weighted by atomic mass is 10.1. The van der Waals surface area contributed by atoms with Crippen LogP contribution in [0.3, 0.4) is 0 Å². The number of nitrogens with one attached hydrogen (secondary N) is 1. The minimum atomic E-state index is -4.34. The summed E-state index contributed by atoms with van der Waals surface area (Å²) in [5.41, 5.74) is 0. The van der Waals surface area contributed by atoms with Gasteiger partial charge in [0.25, 0.3) is 0 Å². The second-order valence-electron chi connectivity index (χ2n) is 14.6. The number of amides is 1. The van der Waals surface area contributed by atoms with Crippen molar-refractivity contribution in [2.45, 2.75) is 167 Å².